The lowest BCUT2D eigenvalue weighted by Gasteiger charge is -2.02. The minimum absolute atomic E-state index is 0.0292. The van der Waals surface area contributed by atoms with Crippen LogP contribution in [0.2, 0.25) is 0 Å². The zero-order valence-electron chi connectivity index (χ0n) is 8.49. The van der Waals surface area contributed by atoms with Crippen LogP contribution < -0.4 is 10.2 Å². The molecule has 1 aliphatic rings. The topological polar surface area (TPSA) is 50.7 Å². The van der Waals surface area contributed by atoms with E-state index in [0.717, 1.165) is 17.0 Å². The van der Waals surface area contributed by atoms with E-state index < -0.39 is 0 Å². The Hall–Kier alpha value is -1.84. The molecule has 0 saturated carbocycles. The molecule has 4 heteroatoms. The van der Waals surface area contributed by atoms with Crippen molar-refractivity contribution >= 4 is 11.6 Å². The van der Waals surface area contributed by atoms with Gasteiger partial charge in [-0.25, -0.2) is 5.43 Å². The highest BCUT2D eigenvalue weighted by Crippen LogP contribution is 2.13. The number of nitrogens with zero attached hydrogens (tertiary/aromatic N) is 1. The van der Waals surface area contributed by atoms with Gasteiger partial charge in [0.2, 0.25) is 5.91 Å². The van der Waals surface area contributed by atoms with E-state index in [1.54, 1.807) is 7.11 Å². The van der Waals surface area contributed by atoms with Crippen LogP contribution in [-0.2, 0) is 11.2 Å². The zero-order chi connectivity index (χ0) is 10.7. The number of amides is 1. The molecular formula is C11H12N2O2. The van der Waals surface area contributed by atoms with Crippen LogP contribution in [0.5, 0.6) is 5.75 Å². The number of carbonyl (C=O) groups is 1. The summed E-state index contributed by atoms with van der Waals surface area (Å²) < 4.78 is 5.06. The van der Waals surface area contributed by atoms with E-state index in [4.69, 9.17) is 4.74 Å². The molecule has 0 aliphatic carbocycles. The number of benzene rings is 1. The highest BCUT2D eigenvalue weighted by molar-refractivity contribution is 6.05. The Morgan fingerprint density at radius 1 is 1.40 bits per heavy atom. The highest BCUT2D eigenvalue weighted by atomic mass is 16.5. The number of methoxy groups -OCH3 is 1. The lowest BCUT2D eigenvalue weighted by Crippen LogP contribution is -2.09. The monoisotopic (exact) mass is 204 g/mol. The highest BCUT2D eigenvalue weighted by Gasteiger charge is 2.14. The average Bonchev–Trinajstić information content (AvgIpc) is 2.65. The second-order valence-corrected chi connectivity index (χ2v) is 3.41. The van der Waals surface area contributed by atoms with Crippen molar-refractivity contribution in [1.29, 1.82) is 0 Å². The smallest absolute Gasteiger partial charge is 0.245 e. The number of hydrogen-bond acceptors (Lipinski definition) is 3. The maximum absolute atomic E-state index is 10.9. The first-order valence-electron chi connectivity index (χ1n) is 4.75. The largest absolute Gasteiger partial charge is 0.497 e. The lowest BCUT2D eigenvalue weighted by molar-refractivity contribution is -0.119. The predicted octanol–water partition coefficient (Wildman–Crippen LogP) is 1.11. The van der Waals surface area contributed by atoms with Gasteiger partial charge in [-0.1, -0.05) is 12.1 Å². The summed E-state index contributed by atoms with van der Waals surface area (Å²) in [6.45, 7) is 0. The Morgan fingerprint density at radius 3 is 2.67 bits per heavy atom. The normalized spacial score (nSPS) is 14.7. The third kappa shape index (κ3) is 2.34. The maximum Gasteiger partial charge on any atom is 0.245 e. The first-order chi connectivity index (χ1) is 7.28. The van der Waals surface area contributed by atoms with E-state index in [2.05, 4.69) is 10.5 Å². The quantitative estimate of drug-likeness (QED) is 0.801. The van der Waals surface area contributed by atoms with Crippen LogP contribution in [-0.4, -0.2) is 18.7 Å². The standard InChI is InChI=1S/C11H12N2O2/c1-15-10-4-2-8(3-5-10)6-9-7-11(14)13-12-9/h2-5H,6-7H2,1H3,(H,13,14). The molecule has 0 bridgehead atoms. The Labute approximate surface area is 87.9 Å². The molecule has 1 amide bonds. The third-order valence-electron chi connectivity index (χ3n) is 2.27. The van der Waals surface area contributed by atoms with Crippen molar-refractivity contribution in [3.63, 3.8) is 0 Å². The van der Waals surface area contributed by atoms with E-state index in [1.165, 1.54) is 0 Å². The average molecular weight is 204 g/mol. The van der Waals surface area contributed by atoms with Gasteiger partial charge >= 0.3 is 0 Å². The number of rotatable bonds is 3. The first kappa shape index (κ1) is 9.71. The van der Waals surface area contributed by atoms with E-state index in [1.807, 2.05) is 24.3 Å². The van der Waals surface area contributed by atoms with Gasteiger partial charge in [0.15, 0.2) is 0 Å². The van der Waals surface area contributed by atoms with Gasteiger partial charge in [-0.15, -0.1) is 0 Å². The van der Waals surface area contributed by atoms with Gasteiger partial charge < -0.3 is 4.74 Å². The molecule has 1 aromatic rings. The van der Waals surface area contributed by atoms with Gasteiger partial charge in [0.1, 0.15) is 5.75 Å². The van der Waals surface area contributed by atoms with Gasteiger partial charge in [0.25, 0.3) is 0 Å². The maximum atomic E-state index is 10.9. The Morgan fingerprint density at radius 2 is 2.13 bits per heavy atom. The van der Waals surface area contributed by atoms with E-state index in [0.29, 0.717) is 12.8 Å². The van der Waals surface area contributed by atoms with Gasteiger partial charge in [-0.05, 0) is 17.7 Å². The van der Waals surface area contributed by atoms with Crippen LogP contribution in [0.1, 0.15) is 12.0 Å². The minimum Gasteiger partial charge on any atom is -0.497 e. The van der Waals surface area contributed by atoms with Crippen molar-refractivity contribution in [3.05, 3.63) is 29.8 Å². The summed E-state index contributed by atoms with van der Waals surface area (Å²) >= 11 is 0. The van der Waals surface area contributed by atoms with E-state index in [9.17, 15) is 4.79 Å². The van der Waals surface area contributed by atoms with Crippen molar-refractivity contribution in [2.24, 2.45) is 5.10 Å². The van der Waals surface area contributed by atoms with Crippen molar-refractivity contribution in [3.8, 4) is 5.75 Å². The predicted molar refractivity (Wildman–Crippen MR) is 56.9 cm³/mol. The molecule has 0 spiro atoms. The zero-order valence-corrected chi connectivity index (χ0v) is 8.49. The molecule has 0 fully saturated rings. The molecule has 1 heterocycles. The molecule has 15 heavy (non-hydrogen) atoms. The summed E-state index contributed by atoms with van der Waals surface area (Å²) in [5, 5.41) is 3.94. The Kier molecular flexibility index (Phi) is 2.67. The fourth-order valence-electron chi connectivity index (χ4n) is 1.49. The third-order valence-corrected chi connectivity index (χ3v) is 2.27. The Bertz CT molecular complexity index is 396. The van der Waals surface area contributed by atoms with Crippen LogP contribution in [0.25, 0.3) is 0 Å². The Balaban J connectivity index is 2.02. The molecule has 1 aliphatic heterocycles. The number of hydrazone groups is 1. The summed E-state index contributed by atoms with van der Waals surface area (Å²) in [4.78, 5) is 10.9. The lowest BCUT2D eigenvalue weighted by atomic mass is 10.1. The molecule has 0 saturated heterocycles. The van der Waals surface area contributed by atoms with Crippen LogP contribution in [0, 0.1) is 0 Å². The second kappa shape index (κ2) is 4.13. The van der Waals surface area contributed by atoms with Crippen molar-refractivity contribution in [2.75, 3.05) is 7.11 Å². The first-order valence-corrected chi connectivity index (χ1v) is 4.75. The number of carbonyl (C=O) groups excluding carboxylic acids is 1. The van der Waals surface area contributed by atoms with Gasteiger partial charge in [0.05, 0.1) is 19.2 Å². The minimum atomic E-state index is -0.0292. The summed E-state index contributed by atoms with van der Waals surface area (Å²) in [6.07, 6.45) is 1.12. The number of nitrogens with one attached hydrogen (secondary N) is 1. The fraction of sp³-hybridized carbons (Fsp3) is 0.273. The molecule has 0 atom stereocenters. The van der Waals surface area contributed by atoms with Gasteiger partial charge in [0, 0.05) is 6.42 Å². The molecule has 0 aromatic heterocycles. The van der Waals surface area contributed by atoms with Crippen LogP contribution >= 0.6 is 0 Å². The van der Waals surface area contributed by atoms with Crippen LogP contribution in [0.4, 0.5) is 0 Å². The summed E-state index contributed by atoms with van der Waals surface area (Å²) in [7, 11) is 1.64. The SMILES string of the molecule is COc1ccc(CC2=NNC(=O)C2)cc1. The number of ether oxygens (including phenoxy) is 1. The molecule has 2 rings (SSSR count). The van der Waals surface area contributed by atoms with E-state index in [-0.39, 0.29) is 5.91 Å². The van der Waals surface area contributed by atoms with Crippen molar-refractivity contribution < 1.29 is 9.53 Å². The number of hydrogen-bond donors (Lipinski definition) is 1. The van der Waals surface area contributed by atoms with Crippen molar-refractivity contribution in [1.82, 2.24) is 5.43 Å². The molecule has 1 aromatic carbocycles. The molecule has 0 unspecified atom stereocenters. The fourth-order valence-corrected chi connectivity index (χ4v) is 1.49. The summed E-state index contributed by atoms with van der Waals surface area (Å²) in [5.41, 5.74) is 4.45. The van der Waals surface area contributed by atoms with Gasteiger partial charge in [-0.3, -0.25) is 4.79 Å². The van der Waals surface area contributed by atoms with Gasteiger partial charge in [-0.2, -0.15) is 5.10 Å². The van der Waals surface area contributed by atoms with E-state index >= 15 is 0 Å². The van der Waals surface area contributed by atoms with Crippen molar-refractivity contribution in [2.45, 2.75) is 12.8 Å². The second-order valence-electron chi connectivity index (χ2n) is 3.41. The molecule has 1 N–H and O–H groups in total. The molecule has 0 radical (unpaired) electrons. The molecular weight excluding hydrogens is 192 g/mol. The molecule has 4 nitrogen and oxygen atoms in total. The molecule has 78 valence electrons. The summed E-state index contributed by atoms with van der Waals surface area (Å²) in [6, 6.07) is 7.76. The summed E-state index contributed by atoms with van der Waals surface area (Å²) in [5.74, 6) is 0.805. The van der Waals surface area contributed by atoms with Crippen LogP contribution in [0.3, 0.4) is 0 Å². The van der Waals surface area contributed by atoms with Crippen LogP contribution in [0.15, 0.2) is 29.4 Å².